The van der Waals surface area contributed by atoms with Crippen LogP contribution in [0.15, 0.2) is 158 Å². The molecule has 0 saturated carbocycles. The summed E-state index contributed by atoms with van der Waals surface area (Å²) in [6.07, 6.45) is -1.12. The third-order valence-corrected chi connectivity index (χ3v) is 9.97. The number of aliphatic hydroxyl groups is 1. The van der Waals surface area contributed by atoms with Crippen LogP contribution in [-0.4, -0.2) is 15.6 Å². The first kappa shape index (κ1) is 29.9. The molecule has 0 fully saturated rings. The second-order valence-electron chi connectivity index (χ2n) is 13.2. The van der Waals surface area contributed by atoms with E-state index in [9.17, 15) is 9.90 Å². The zero-order valence-electron chi connectivity index (χ0n) is 27.8. The molecule has 240 valence electrons. The molecule has 4 heteroatoms. The van der Waals surface area contributed by atoms with E-state index in [-0.39, 0.29) is 5.91 Å². The summed E-state index contributed by atoms with van der Waals surface area (Å²) in [5, 5.41) is 14.0. The number of benzene rings is 7. The number of hydrogen-bond acceptors (Lipinski definition) is 2. The van der Waals surface area contributed by atoms with Crippen LogP contribution in [0.3, 0.4) is 0 Å². The van der Waals surface area contributed by atoms with Crippen molar-refractivity contribution >= 4 is 33.4 Å². The molecule has 8 aromatic rings. The Kier molecular flexibility index (Phi) is 7.01. The highest BCUT2D eigenvalue weighted by Crippen LogP contribution is 2.43. The third kappa shape index (κ3) is 4.84. The molecule has 0 bridgehead atoms. The van der Waals surface area contributed by atoms with Crippen LogP contribution < -0.4 is 4.90 Å². The molecule has 1 atom stereocenters. The zero-order valence-corrected chi connectivity index (χ0v) is 27.8. The Balaban J connectivity index is 1.27. The number of hydrogen-bond donors (Lipinski definition) is 1. The number of nitrogens with zero attached hydrogens (tertiary/aromatic N) is 2. The number of aromatic nitrogens is 1. The maximum Gasteiger partial charge on any atom is 0.263 e. The average molecular weight is 647 g/mol. The monoisotopic (exact) mass is 646 g/mol. The van der Waals surface area contributed by atoms with Crippen LogP contribution in [0.1, 0.15) is 33.3 Å². The second-order valence-corrected chi connectivity index (χ2v) is 13.2. The maximum atomic E-state index is 14.6. The molecule has 4 nitrogen and oxygen atoms in total. The largest absolute Gasteiger partial charge is 0.369 e. The highest BCUT2D eigenvalue weighted by molar-refractivity contribution is 6.16. The van der Waals surface area contributed by atoms with Crippen LogP contribution >= 0.6 is 0 Å². The van der Waals surface area contributed by atoms with Gasteiger partial charge in [-0.05, 0) is 77.6 Å². The Bertz CT molecular complexity index is 2510. The van der Waals surface area contributed by atoms with Gasteiger partial charge in [-0.25, -0.2) is 0 Å². The molecule has 1 aliphatic heterocycles. The molecule has 2 heterocycles. The fraction of sp³-hybridized carbons (Fsp3) is 0.0652. The van der Waals surface area contributed by atoms with Crippen molar-refractivity contribution in [2.24, 2.45) is 0 Å². The van der Waals surface area contributed by atoms with Gasteiger partial charge in [0, 0.05) is 22.0 Å². The van der Waals surface area contributed by atoms with Crippen LogP contribution in [-0.2, 0) is 0 Å². The van der Waals surface area contributed by atoms with Crippen molar-refractivity contribution in [3.63, 3.8) is 0 Å². The molecule has 1 amide bonds. The van der Waals surface area contributed by atoms with E-state index in [1.54, 1.807) is 0 Å². The number of rotatable bonds is 5. The number of fused-ring (bicyclic) bond motifs is 4. The van der Waals surface area contributed by atoms with Crippen molar-refractivity contribution in [2.75, 3.05) is 4.90 Å². The van der Waals surface area contributed by atoms with Gasteiger partial charge in [-0.2, -0.15) is 0 Å². The van der Waals surface area contributed by atoms with E-state index in [1.807, 2.05) is 72.8 Å². The van der Waals surface area contributed by atoms with Crippen LogP contribution in [0, 0.1) is 13.8 Å². The SMILES string of the molecule is Cc1cccc(-c2ccc3c4ccc(-c5cccc(C)c5)cc4n(-c4cccc5c4C(=O)N(c4cccc(-c6ccccc6)c4)C5O)c3c2)c1. The zero-order chi connectivity index (χ0) is 33.9. The lowest BCUT2D eigenvalue weighted by molar-refractivity contribution is 0.0935. The molecule has 1 aromatic heterocycles. The summed E-state index contributed by atoms with van der Waals surface area (Å²) in [7, 11) is 0. The fourth-order valence-corrected chi connectivity index (χ4v) is 7.57. The molecule has 0 spiro atoms. The van der Waals surface area contributed by atoms with Crippen LogP contribution in [0.25, 0.3) is 60.9 Å². The van der Waals surface area contributed by atoms with Crippen molar-refractivity contribution in [2.45, 2.75) is 20.1 Å². The lowest BCUT2D eigenvalue weighted by Gasteiger charge is -2.21. The van der Waals surface area contributed by atoms with Crippen LogP contribution in [0.5, 0.6) is 0 Å². The molecular weight excluding hydrogens is 613 g/mol. The van der Waals surface area contributed by atoms with E-state index >= 15 is 0 Å². The summed E-state index contributed by atoms with van der Waals surface area (Å²) >= 11 is 0. The van der Waals surface area contributed by atoms with Gasteiger partial charge in [0.25, 0.3) is 5.91 Å². The quantitative estimate of drug-likeness (QED) is 0.202. The Hall–Kier alpha value is -6.23. The number of anilines is 1. The van der Waals surface area contributed by atoms with E-state index in [1.165, 1.54) is 16.0 Å². The average Bonchev–Trinajstić information content (AvgIpc) is 3.61. The molecule has 9 rings (SSSR count). The van der Waals surface area contributed by atoms with E-state index in [4.69, 9.17) is 0 Å². The first-order valence-electron chi connectivity index (χ1n) is 17.0. The van der Waals surface area contributed by atoms with Gasteiger partial charge in [0.2, 0.25) is 0 Å². The predicted molar refractivity (Wildman–Crippen MR) is 205 cm³/mol. The van der Waals surface area contributed by atoms with E-state index in [2.05, 4.69) is 103 Å². The van der Waals surface area contributed by atoms with Crippen molar-refractivity contribution in [3.05, 3.63) is 180 Å². The molecule has 7 aromatic carbocycles. The maximum absolute atomic E-state index is 14.6. The summed E-state index contributed by atoms with van der Waals surface area (Å²) in [6.45, 7) is 4.22. The summed E-state index contributed by atoms with van der Waals surface area (Å²) < 4.78 is 2.22. The van der Waals surface area contributed by atoms with Gasteiger partial charge in [-0.1, -0.05) is 139 Å². The topological polar surface area (TPSA) is 45.5 Å². The second kappa shape index (κ2) is 11.7. The molecule has 1 N–H and O–H groups in total. The van der Waals surface area contributed by atoms with Gasteiger partial charge < -0.3 is 9.67 Å². The standard InChI is InChI=1S/C46H34N2O2/c1-29-10-6-14-32(24-29)35-20-22-38-39-23-21-36(33-15-7-11-30(2)25-33)28-43(39)48(42(38)27-35)41-19-9-18-40-44(41)46(50)47(45(40)49)37-17-8-16-34(26-37)31-12-4-3-5-13-31/h3-28,45,49H,1-2H3. The Morgan fingerprint density at radius 1 is 0.500 bits per heavy atom. The summed E-state index contributed by atoms with van der Waals surface area (Å²) in [6, 6.07) is 54.0. The molecule has 1 aliphatic rings. The normalized spacial score (nSPS) is 14.1. The Labute approximate surface area is 291 Å². The molecule has 0 radical (unpaired) electrons. The lowest BCUT2D eigenvalue weighted by atomic mass is 10.0. The first-order chi connectivity index (χ1) is 24.4. The highest BCUT2D eigenvalue weighted by Gasteiger charge is 2.39. The van der Waals surface area contributed by atoms with Gasteiger partial charge >= 0.3 is 0 Å². The van der Waals surface area contributed by atoms with Crippen molar-refractivity contribution in [1.29, 1.82) is 0 Å². The molecular formula is C46H34N2O2. The summed E-state index contributed by atoms with van der Waals surface area (Å²) in [4.78, 5) is 16.2. The fourth-order valence-electron chi connectivity index (χ4n) is 7.57. The minimum absolute atomic E-state index is 0.229. The van der Waals surface area contributed by atoms with Crippen molar-refractivity contribution in [3.8, 4) is 39.1 Å². The Morgan fingerprint density at radius 3 is 1.62 bits per heavy atom. The summed E-state index contributed by atoms with van der Waals surface area (Å²) in [5.41, 5.74) is 13.4. The molecule has 1 unspecified atom stereocenters. The van der Waals surface area contributed by atoms with Gasteiger partial charge in [-0.15, -0.1) is 0 Å². The number of amides is 1. The molecule has 50 heavy (non-hydrogen) atoms. The van der Waals surface area contributed by atoms with Gasteiger partial charge in [-0.3, -0.25) is 9.69 Å². The lowest BCUT2D eigenvalue weighted by Crippen LogP contribution is -2.27. The number of carbonyl (C=O) groups is 1. The van der Waals surface area contributed by atoms with E-state index in [0.29, 0.717) is 16.8 Å². The number of carbonyl (C=O) groups excluding carboxylic acids is 1. The van der Waals surface area contributed by atoms with Gasteiger partial charge in [0.15, 0.2) is 6.23 Å². The van der Waals surface area contributed by atoms with E-state index < -0.39 is 6.23 Å². The van der Waals surface area contributed by atoms with Crippen molar-refractivity contribution < 1.29 is 9.90 Å². The van der Waals surface area contributed by atoms with Crippen molar-refractivity contribution in [1.82, 2.24) is 4.57 Å². The smallest absolute Gasteiger partial charge is 0.263 e. The van der Waals surface area contributed by atoms with Crippen LogP contribution in [0.2, 0.25) is 0 Å². The molecule has 0 aliphatic carbocycles. The van der Waals surface area contributed by atoms with Gasteiger partial charge in [0.1, 0.15) is 0 Å². The summed E-state index contributed by atoms with van der Waals surface area (Å²) in [5.74, 6) is -0.229. The number of aryl methyl sites for hydroxylation is 2. The third-order valence-electron chi connectivity index (χ3n) is 9.97. The predicted octanol–water partition coefficient (Wildman–Crippen LogP) is 11.1. The highest BCUT2D eigenvalue weighted by atomic mass is 16.3. The Morgan fingerprint density at radius 2 is 1.02 bits per heavy atom. The van der Waals surface area contributed by atoms with Gasteiger partial charge in [0.05, 0.1) is 22.3 Å². The minimum Gasteiger partial charge on any atom is -0.369 e. The molecule has 0 saturated heterocycles. The first-order valence-corrected chi connectivity index (χ1v) is 17.0. The number of aliphatic hydroxyl groups excluding tert-OH is 1. The minimum atomic E-state index is -1.12. The van der Waals surface area contributed by atoms with Crippen LogP contribution in [0.4, 0.5) is 5.69 Å². The van der Waals surface area contributed by atoms with E-state index in [0.717, 1.165) is 60.9 Å².